The van der Waals surface area contributed by atoms with Crippen LogP contribution in [0.4, 0.5) is 5.69 Å². The Morgan fingerprint density at radius 1 is 0.895 bits per heavy atom. The van der Waals surface area contributed by atoms with E-state index in [1.165, 1.54) is 17.0 Å². The summed E-state index contributed by atoms with van der Waals surface area (Å²) < 4.78 is 28.5. The molecule has 0 bridgehead atoms. The minimum atomic E-state index is -4.07. The van der Waals surface area contributed by atoms with Crippen molar-refractivity contribution in [1.29, 1.82) is 0 Å². The van der Waals surface area contributed by atoms with E-state index in [4.69, 9.17) is 11.6 Å². The van der Waals surface area contributed by atoms with Gasteiger partial charge in [0, 0.05) is 18.1 Å². The number of halogens is 1. The number of nitrogens with one attached hydrogen (secondary N) is 1. The third-order valence-electron chi connectivity index (χ3n) is 6.05. The molecule has 0 unspecified atom stereocenters. The molecule has 3 aromatic carbocycles. The van der Waals surface area contributed by atoms with E-state index in [0.717, 1.165) is 15.4 Å². The largest absolute Gasteiger partial charge is 0.354 e. The second-order valence-electron chi connectivity index (χ2n) is 9.62. The van der Waals surface area contributed by atoms with Gasteiger partial charge in [0.05, 0.1) is 10.6 Å². The lowest BCUT2D eigenvalue weighted by molar-refractivity contribution is -0.139. The van der Waals surface area contributed by atoms with E-state index in [1.54, 1.807) is 73.7 Å². The van der Waals surface area contributed by atoms with Crippen molar-refractivity contribution < 1.29 is 18.0 Å². The van der Waals surface area contributed by atoms with Crippen LogP contribution >= 0.6 is 11.6 Å². The summed E-state index contributed by atoms with van der Waals surface area (Å²) in [6.45, 7) is 7.60. The minimum Gasteiger partial charge on any atom is -0.354 e. The van der Waals surface area contributed by atoms with Gasteiger partial charge in [-0.15, -0.1) is 0 Å². The first-order valence-electron chi connectivity index (χ1n) is 12.4. The first-order valence-corrected chi connectivity index (χ1v) is 14.3. The van der Waals surface area contributed by atoms with Gasteiger partial charge in [-0.05, 0) is 61.7 Å². The van der Waals surface area contributed by atoms with Crippen molar-refractivity contribution >= 4 is 39.1 Å². The molecule has 0 fully saturated rings. The highest BCUT2D eigenvalue weighted by Crippen LogP contribution is 2.25. The van der Waals surface area contributed by atoms with Crippen molar-refractivity contribution in [2.24, 2.45) is 5.92 Å². The Labute approximate surface area is 230 Å². The molecule has 0 aliphatic carbocycles. The summed E-state index contributed by atoms with van der Waals surface area (Å²) in [5, 5.41) is 3.42. The monoisotopic (exact) mass is 555 g/mol. The van der Waals surface area contributed by atoms with Gasteiger partial charge < -0.3 is 10.2 Å². The molecule has 9 heteroatoms. The van der Waals surface area contributed by atoms with Gasteiger partial charge in [-0.1, -0.05) is 73.5 Å². The van der Waals surface area contributed by atoms with E-state index in [0.29, 0.717) is 17.3 Å². The van der Waals surface area contributed by atoms with Crippen LogP contribution in [0.15, 0.2) is 83.8 Å². The molecule has 0 aromatic heterocycles. The van der Waals surface area contributed by atoms with Gasteiger partial charge in [0.25, 0.3) is 10.0 Å². The molecule has 0 aliphatic rings. The summed E-state index contributed by atoms with van der Waals surface area (Å²) >= 11 is 6.03. The maximum atomic E-state index is 13.8. The number of rotatable bonds is 11. The number of sulfonamides is 1. The van der Waals surface area contributed by atoms with Crippen LogP contribution in [0.25, 0.3) is 0 Å². The van der Waals surface area contributed by atoms with Crippen molar-refractivity contribution in [1.82, 2.24) is 10.2 Å². The number of carbonyl (C=O) groups excluding carboxylic acids is 2. The summed E-state index contributed by atoms with van der Waals surface area (Å²) in [4.78, 5) is 28.3. The Morgan fingerprint density at radius 2 is 1.50 bits per heavy atom. The molecule has 1 N–H and O–H groups in total. The zero-order valence-electron chi connectivity index (χ0n) is 22.1. The van der Waals surface area contributed by atoms with E-state index >= 15 is 0 Å². The molecule has 7 nitrogen and oxygen atoms in total. The summed E-state index contributed by atoms with van der Waals surface area (Å²) in [6, 6.07) is 21.1. The number of amides is 2. The topological polar surface area (TPSA) is 86.8 Å². The third kappa shape index (κ3) is 7.58. The van der Waals surface area contributed by atoms with Gasteiger partial charge in [-0.2, -0.15) is 0 Å². The van der Waals surface area contributed by atoms with Crippen LogP contribution in [0.2, 0.25) is 5.02 Å². The van der Waals surface area contributed by atoms with Crippen molar-refractivity contribution in [3.8, 4) is 0 Å². The van der Waals surface area contributed by atoms with Crippen molar-refractivity contribution in [3.05, 3.63) is 95.0 Å². The molecule has 0 saturated heterocycles. The lowest BCUT2D eigenvalue weighted by atomic mass is 10.1. The average molecular weight is 556 g/mol. The molecule has 3 rings (SSSR count). The molecule has 38 heavy (non-hydrogen) atoms. The molecule has 0 saturated carbocycles. The second kappa shape index (κ2) is 12.9. The SMILES string of the molecule is Cc1ccc(N(CC(=O)N(Cc2ccc(Cl)cc2)[C@@H](C)C(=O)NCC(C)C)S(=O)(=O)c2ccccc2)cc1. The lowest BCUT2D eigenvalue weighted by Gasteiger charge is -2.32. The predicted octanol–water partition coefficient (Wildman–Crippen LogP) is 5.03. The molecule has 3 aromatic rings. The Morgan fingerprint density at radius 3 is 2.08 bits per heavy atom. The van der Waals surface area contributed by atoms with E-state index < -0.39 is 28.5 Å². The van der Waals surface area contributed by atoms with Crippen LogP contribution in [0.1, 0.15) is 31.9 Å². The van der Waals surface area contributed by atoms with Crippen molar-refractivity contribution in [3.63, 3.8) is 0 Å². The number of nitrogens with zero attached hydrogens (tertiary/aromatic N) is 2. The molecule has 0 heterocycles. The normalized spacial score (nSPS) is 12.2. The van der Waals surface area contributed by atoms with Gasteiger partial charge in [0.2, 0.25) is 11.8 Å². The second-order valence-corrected chi connectivity index (χ2v) is 11.9. The fourth-order valence-electron chi connectivity index (χ4n) is 3.78. The minimum absolute atomic E-state index is 0.0698. The zero-order chi connectivity index (χ0) is 27.9. The van der Waals surface area contributed by atoms with Crippen LogP contribution in [0.3, 0.4) is 0 Å². The molecular formula is C29H34ClN3O4S. The Balaban J connectivity index is 1.98. The van der Waals surface area contributed by atoms with Crippen molar-refractivity contribution in [2.75, 3.05) is 17.4 Å². The molecule has 1 atom stereocenters. The van der Waals surface area contributed by atoms with Crippen LogP contribution in [-0.2, 0) is 26.2 Å². The first-order chi connectivity index (χ1) is 18.0. The van der Waals surface area contributed by atoms with Crippen LogP contribution < -0.4 is 9.62 Å². The van der Waals surface area contributed by atoms with Gasteiger partial charge in [0.15, 0.2) is 0 Å². The fraction of sp³-hybridized carbons (Fsp3) is 0.310. The smallest absolute Gasteiger partial charge is 0.264 e. The summed E-state index contributed by atoms with van der Waals surface area (Å²) in [5.74, 6) is -0.583. The number of anilines is 1. The lowest BCUT2D eigenvalue weighted by Crippen LogP contribution is -2.51. The fourth-order valence-corrected chi connectivity index (χ4v) is 5.34. The molecule has 202 valence electrons. The van der Waals surface area contributed by atoms with E-state index in [1.807, 2.05) is 20.8 Å². The standard InChI is InChI=1S/C29H34ClN3O4S/c1-21(2)18-31-29(35)23(4)32(19-24-12-14-25(30)15-13-24)28(34)20-33(26-16-10-22(3)11-17-26)38(36,37)27-8-6-5-7-9-27/h5-17,21,23H,18-20H2,1-4H3,(H,31,35)/t23-/m0/s1. The van der Waals surface area contributed by atoms with Crippen LogP contribution in [-0.4, -0.2) is 44.3 Å². The van der Waals surface area contributed by atoms with Crippen LogP contribution in [0.5, 0.6) is 0 Å². The van der Waals surface area contributed by atoms with Gasteiger partial charge in [-0.25, -0.2) is 8.42 Å². The third-order valence-corrected chi connectivity index (χ3v) is 8.09. The summed E-state index contributed by atoms with van der Waals surface area (Å²) in [6.07, 6.45) is 0. The number of hydrogen-bond donors (Lipinski definition) is 1. The van der Waals surface area contributed by atoms with Gasteiger partial charge in [-0.3, -0.25) is 13.9 Å². The molecular weight excluding hydrogens is 522 g/mol. The number of carbonyl (C=O) groups is 2. The first kappa shape index (κ1) is 29.2. The number of hydrogen-bond acceptors (Lipinski definition) is 4. The Bertz CT molecular complexity index is 1330. The maximum absolute atomic E-state index is 13.8. The van der Waals surface area contributed by atoms with Gasteiger partial charge in [0.1, 0.15) is 12.6 Å². The zero-order valence-corrected chi connectivity index (χ0v) is 23.7. The highest BCUT2D eigenvalue weighted by atomic mass is 35.5. The summed E-state index contributed by atoms with van der Waals surface area (Å²) in [5.41, 5.74) is 2.08. The predicted molar refractivity (Wildman–Crippen MR) is 151 cm³/mol. The molecule has 0 radical (unpaired) electrons. The Hall–Kier alpha value is -3.36. The molecule has 0 spiro atoms. The van der Waals surface area contributed by atoms with E-state index in [2.05, 4.69) is 5.32 Å². The number of aryl methyl sites for hydroxylation is 1. The molecule has 0 aliphatic heterocycles. The highest BCUT2D eigenvalue weighted by Gasteiger charge is 2.32. The highest BCUT2D eigenvalue weighted by molar-refractivity contribution is 7.92. The van der Waals surface area contributed by atoms with Gasteiger partial charge >= 0.3 is 0 Å². The number of benzene rings is 3. The summed E-state index contributed by atoms with van der Waals surface area (Å²) in [7, 11) is -4.07. The average Bonchev–Trinajstić information content (AvgIpc) is 2.90. The molecule has 2 amide bonds. The van der Waals surface area contributed by atoms with E-state index in [-0.39, 0.29) is 23.3 Å². The quantitative estimate of drug-likeness (QED) is 0.359. The van der Waals surface area contributed by atoms with Crippen LogP contribution in [0, 0.1) is 12.8 Å². The maximum Gasteiger partial charge on any atom is 0.264 e. The van der Waals surface area contributed by atoms with E-state index in [9.17, 15) is 18.0 Å². The van der Waals surface area contributed by atoms with Crippen molar-refractivity contribution in [2.45, 2.75) is 45.2 Å². The Kier molecular flexibility index (Phi) is 9.94.